The van der Waals surface area contributed by atoms with Crippen LogP contribution in [0.2, 0.25) is 10.0 Å². The molecular formula is C32H41Cl2F3N6O7S. The summed E-state index contributed by atoms with van der Waals surface area (Å²) < 4.78 is 59.5. The van der Waals surface area contributed by atoms with Crippen molar-refractivity contribution in [2.45, 2.75) is 62.1 Å². The van der Waals surface area contributed by atoms with E-state index in [1.54, 1.807) is 31.3 Å². The van der Waals surface area contributed by atoms with Crippen molar-refractivity contribution in [3.8, 4) is 0 Å². The molecule has 13 nitrogen and oxygen atoms in total. The summed E-state index contributed by atoms with van der Waals surface area (Å²) in [4.78, 5) is 50.5. The fourth-order valence-corrected chi connectivity index (χ4v) is 7.24. The Morgan fingerprint density at radius 1 is 1.00 bits per heavy atom. The molecule has 2 aromatic rings. The highest BCUT2D eigenvalue weighted by atomic mass is 35.5. The molecule has 1 aliphatic carbocycles. The molecule has 0 bridgehead atoms. The van der Waals surface area contributed by atoms with E-state index in [4.69, 9.17) is 44.2 Å². The van der Waals surface area contributed by atoms with Crippen LogP contribution in [0.4, 0.5) is 13.2 Å². The lowest BCUT2D eigenvalue weighted by Gasteiger charge is -2.37. The molecule has 0 heterocycles. The van der Waals surface area contributed by atoms with Gasteiger partial charge in [0.1, 0.15) is 17.8 Å². The van der Waals surface area contributed by atoms with Crippen LogP contribution in [0.15, 0.2) is 47.4 Å². The monoisotopic (exact) mass is 780 g/mol. The molecule has 1 fully saturated rings. The highest BCUT2D eigenvalue weighted by Gasteiger charge is 2.39. The Bertz CT molecular complexity index is 1640. The van der Waals surface area contributed by atoms with Gasteiger partial charge in [0.25, 0.3) is 0 Å². The molecule has 3 amide bonds. The van der Waals surface area contributed by atoms with Gasteiger partial charge in [-0.25, -0.2) is 17.9 Å². The van der Waals surface area contributed by atoms with Gasteiger partial charge in [-0.1, -0.05) is 66.7 Å². The molecule has 0 aliphatic heterocycles. The van der Waals surface area contributed by atoms with Crippen LogP contribution in [-0.2, 0) is 35.6 Å². The molecule has 0 saturated heterocycles. The Hall–Kier alpha value is -3.93. The van der Waals surface area contributed by atoms with E-state index in [1.807, 2.05) is 0 Å². The summed E-state index contributed by atoms with van der Waals surface area (Å²) in [7, 11) is -0.840. The number of sulfonamides is 1. The number of nitrogen functional groups attached to an aromatic ring is 1. The number of hydrogen-bond acceptors (Lipinski definition) is 7. The minimum atomic E-state index is -5.08. The predicted octanol–water partition coefficient (Wildman–Crippen LogP) is 3.71. The van der Waals surface area contributed by atoms with Gasteiger partial charge >= 0.3 is 12.1 Å². The molecule has 282 valence electrons. The number of halogens is 5. The van der Waals surface area contributed by atoms with Gasteiger partial charge < -0.3 is 26.4 Å². The topological polar surface area (TPSA) is 212 Å². The maximum absolute atomic E-state index is 13.8. The Morgan fingerprint density at radius 3 is 2.04 bits per heavy atom. The van der Waals surface area contributed by atoms with Crippen molar-refractivity contribution in [2.24, 2.45) is 17.6 Å². The summed E-state index contributed by atoms with van der Waals surface area (Å²) in [6.45, 7) is 0.223. The number of nitrogens with two attached hydrogens (primary N) is 1. The molecule has 1 unspecified atom stereocenters. The standard InChI is InChI=1S/C30H40Cl2N6O5S.C2HF3O2/c1-35-28(39)25(15-19-9-11-21(12-10-19)27(33)34)30(41)38(2)26(20-7-4-3-5-8-20)29(40)36-13-6-14-37-44(42,43)24-17-22(31)16-23(32)18-24;3-2(4,5)1(6)7/h9-12,16-18,20,25-26,37H,3-8,13-15H2,1-2H3,(H3,33,34)(H,35,39)(H,36,40);(H,6,7)/t25?,26-;/m0./s1. The minimum absolute atomic E-state index is 0.0524. The third-order valence-corrected chi connectivity index (χ3v) is 9.91. The molecular weight excluding hydrogens is 740 g/mol. The van der Waals surface area contributed by atoms with Crippen molar-refractivity contribution in [1.29, 1.82) is 5.41 Å². The van der Waals surface area contributed by atoms with Crippen LogP contribution >= 0.6 is 23.2 Å². The zero-order chi connectivity index (χ0) is 38.5. The highest BCUT2D eigenvalue weighted by Crippen LogP contribution is 2.30. The van der Waals surface area contributed by atoms with Crippen LogP contribution in [0.3, 0.4) is 0 Å². The zero-order valence-corrected chi connectivity index (χ0v) is 30.2. The first-order valence-corrected chi connectivity index (χ1v) is 18.0. The lowest BCUT2D eigenvalue weighted by atomic mass is 9.82. The average molecular weight is 782 g/mol. The van der Waals surface area contributed by atoms with Gasteiger partial charge in [0.2, 0.25) is 27.7 Å². The number of amidine groups is 1. The van der Waals surface area contributed by atoms with Gasteiger partial charge in [0, 0.05) is 42.8 Å². The van der Waals surface area contributed by atoms with Crippen molar-refractivity contribution in [3.05, 3.63) is 63.6 Å². The Morgan fingerprint density at radius 2 is 1.55 bits per heavy atom. The number of hydrogen-bond donors (Lipinski definition) is 6. The number of amides is 3. The fourth-order valence-electron chi connectivity index (χ4n) is 5.44. The molecule has 19 heteroatoms. The lowest BCUT2D eigenvalue weighted by Crippen LogP contribution is -2.55. The van der Waals surface area contributed by atoms with Gasteiger partial charge in [0.05, 0.1) is 4.90 Å². The molecule has 0 aromatic heterocycles. The first-order valence-electron chi connectivity index (χ1n) is 15.7. The molecule has 7 N–H and O–H groups in total. The number of rotatable bonds is 14. The van der Waals surface area contributed by atoms with E-state index in [-0.39, 0.29) is 52.1 Å². The van der Waals surface area contributed by atoms with E-state index >= 15 is 0 Å². The number of carbonyl (C=O) groups is 4. The van der Waals surface area contributed by atoms with Gasteiger partial charge in [0.15, 0.2) is 0 Å². The second-order valence-electron chi connectivity index (χ2n) is 11.7. The first kappa shape index (κ1) is 43.2. The second-order valence-corrected chi connectivity index (χ2v) is 14.4. The van der Waals surface area contributed by atoms with E-state index in [0.29, 0.717) is 17.5 Å². The number of alkyl halides is 3. The number of carboxylic acids is 1. The third kappa shape index (κ3) is 13.6. The maximum atomic E-state index is 13.8. The van der Waals surface area contributed by atoms with Crippen LogP contribution < -0.4 is 21.1 Å². The molecule has 0 spiro atoms. The molecule has 2 atom stereocenters. The number of carbonyl (C=O) groups excluding carboxylic acids is 3. The van der Waals surface area contributed by atoms with Crippen LogP contribution in [-0.4, -0.2) is 87.4 Å². The SMILES string of the molecule is CNC(=O)C(Cc1ccc(C(=N)N)cc1)C(=O)N(C)[C@H](C(=O)NCCCNS(=O)(=O)c1cc(Cl)cc(Cl)c1)C1CCCCC1.O=C(O)C(F)(F)F. The normalized spacial score (nSPS) is 14.6. The van der Waals surface area contributed by atoms with Gasteiger partial charge in [-0.05, 0) is 55.4 Å². The third-order valence-electron chi connectivity index (χ3n) is 8.03. The van der Waals surface area contributed by atoms with Crippen LogP contribution in [0.25, 0.3) is 0 Å². The number of carboxylic acid groups (broad SMARTS) is 1. The van der Waals surface area contributed by atoms with Crippen molar-refractivity contribution >= 4 is 62.8 Å². The van der Waals surface area contributed by atoms with Gasteiger partial charge in [-0.2, -0.15) is 13.2 Å². The van der Waals surface area contributed by atoms with E-state index in [2.05, 4.69) is 15.4 Å². The quantitative estimate of drug-likeness (QED) is 0.0719. The summed E-state index contributed by atoms with van der Waals surface area (Å²) in [5, 5.41) is 20.5. The van der Waals surface area contributed by atoms with Crippen molar-refractivity contribution in [1.82, 2.24) is 20.3 Å². The van der Waals surface area contributed by atoms with E-state index in [0.717, 1.165) is 32.1 Å². The highest BCUT2D eigenvalue weighted by molar-refractivity contribution is 7.89. The largest absolute Gasteiger partial charge is 0.490 e. The number of benzene rings is 2. The van der Waals surface area contributed by atoms with E-state index < -0.39 is 45.9 Å². The number of likely N-dealkylation sites (N-methyl/N-ethyl adjacent to an activating group) is 1. The number of nitrogens with zero attached hydrogens (tertiary/aromatic N) is 1. The number of aliphatic carboxylic acids is 1. The van der Waals surface area contributed by atoms with Crippen LogP contribution in [0.5, 0.6) is 0 Å². The summed E-state index contributed by atoms with van der Waals surface area (Å²) in [6, 6.07) is 10.0. The van der Waals surface area contributed by atoms with E-state index in [9.17, 15) is 36.0 Å². The first-order chi connectivity index (χ1) is 23.8. The summed E-state index contributed by atoms with van der Waals surface area (Å²) in [5.41, 5.74) is 6.79. The summed E-state index contributed by atoms with van der Waals surface area (Å²) >= 11 is 11.9. The average Bonchev–Trinajstić information content (AvgIpc) is 3.06. The molecule has 3 rings (SSSR count). The predicted molar refractivity (Wildman–Crippen MR) is 185 cm³/mol. The second kappa shape index (κ2) is 19.6. The molecule has 51 heavy (non-hydrogen) atoms. The fraction of sp³-hybridized carbons (Fsp3) is 0.469. The van der Waals surface area contributed by atoms with Crippen LogP contribution in [0.1, 0.15) is 49.7 Å². The lowest BCUT2D eigenvalue weighted by molar-refractivity contribution is -0.192. The van der Waals surface area contributed by atoms with Crippen LogP contribution in [0, 0.1) is 17.2 Å². The molecule has 0 radical (unpaired) electrons. The zero-order valence-electron chi connectivity index (χ0n) is 27.9. The number of nitrogens with one attached hydrogen (secondary N) is 4. The minimum Gasteiger partial charge on any atom is -0.475 e. The van der Waals surface area contributed by atoms with Crippen molar-refractivity contribution in [3.63, 3.8) is 0 Å². The van der Waals surface area contributed by atoms with Gasteiger partial charge in [-0.3, -0.25) is 19.8 Å². The Labute approximate surface area is 304 Å². The van der Waals surface area contributed by atoms with Crippen molar-refractivity contribution < 1.29 is 45.9 Å². The maximum Gasteiger partial charge on any atom is 0.490 e. The summed E-state index contributed by atoms with van der Waals surface area (Å²) in [6.07, 6.45) is -0.203. The summed E-state index contributed by atoms with van der Waals surface area (Å²) in [5.74, 6) is -5.27. The smallest absolute Gasteiger partial charge is 0.475 e. The Balaban J connectivity index is 0.00000116. The molecule has 2 aromatic carbocycles. The van der Waals surface area contributed by atoms with Gasteiger partial charge in [-0.15, -0.1) is 0 Å². The Kier molecular flexibility index (Phi) is 16.6. The molecule has 1 saturated carbocycles. The van der Waals surface area contributed by atoms with Crippen molar-refractivity contribution in [2.75, 3.05) is 27.2 Å². The molecule has 1 aliphatic rings. The van der Waals surface area contributed by atoms with E-state index in [1.165, 1.54) is 30.1 Å².